The van der Waals surface area contributed by atoms with Crippen LogP contribution in [-0.2, 0) is 13.1 Å². The number of nitrogens with zero attached hydrogens (tertiary/aromatic N) is 2. The average molecular weight is 383 g/mol. The number of hydrogen-bond acceptors (Lipinski definition) is 3. The smallest absolute Gasteiger partial charge is 0.107 e. The van der Waals surface area contributed by atoms with Crippen molar-refractivity contribution in [1.29, 1.82) is 0 Å². The van der Waals surface area contributed by atoms with Gasteiger partial charge in [0.05, 0.1) is 5.69 Å². The minimum Gasteiger partial charge on any atom is -0.308 e. The van der Waals surface area contributed by atoms with E-state index in [-0.39, 0.29) is 0 Å². The van der Waals surface area contributed by atoms with Gasteiger partial charge in [-0.1, -0.05) is 29.8 Å². The lowest BCUT2D eigenvalue weighted by Crippen LogP contribution is -2.14. The van der Waals surface area contributed by atoms with Crippen molar-refractivity contribution < 1.29 is 0 Å². The molecule has 0 spiro atoms. The summed E-state index contributed by atoms with van der Waals surface area (Å²) in [6, 6.07) is 12.2. The maximum atomic E-state index is 6.05. The van der Waals surface area contributed by atoms with Crippen LogP contribution in [-0.4, -0.2) is 9.78 Å². The lowest BCUT2D eigenvalue weighted by Gasteiger charge is -2.10. The number of thiophene rings is 1. The van der Waals surface area contributed by atoms with Gasteiger partial charge in [-0.25, -0.2) is 4.68 Å². The molecule has 0 fully saturated rings. The summed E-state index contributed by atoms with van der Waals surface area (Å²) in [5, 5.41) is 7.75. The topological polar surface area (TPSA) is 29.9 Å². The third-order valence-corrected chi connectivity index (χ3v) is 5.53. The minimum atomic E-state index is 0.781. The zero-order valence-electron chi connectivity index (χ0n) is 11.1. The van der Waals surface area contributed by atoms with Gasteiger partial charge in [-0.2, -0.15) is 5.10 Å². The predicted molar refractivity (Wildman–Crippen MR) is 91.1 cm³/mol. The first-order chi connectivity index (χ1) is 10.2. The predicted octanol–water partition coefficient (Wildman–Crippen LogP) is 4.64. The van der Waals surface area contributed by atoms with E-state index < -0.39 is 0 Å². The molecule has 0 bridgehead atoms. The summed E-state index contributed by atoms with van der Waals surface area (Å²) in [6.07, 6.45) is 3.74. The van der Waals surface area contributed by atoms with Crippen molar-refractivity contribution in [2.45, 2.75) is 13.1 Å². The fourth-order valence-corrected chi connectivity index (χ4v) is 3.85. The summed E-state index contributed by atoms with van der Waals surface area (Å²) in [7, 11) is 0. The molecule has 0 atom stereocenters. The Morgan fingerprint density at radius 3 is 2.81 bits per heavy atom. The van der Waals surface area contributed by atoms with Crippen molar-refractivity contribution in [2.75, 3.05) is 0 Å². The third kappa shape index (κ3) is 3.55. The first-order valence-corrected chi connectivity index (χ1v) is 8.45. The first-order valence-electron chi connectivity index (χ1n) is 6.46. The lowest BCUT2D eigenvalue weighted by atomic mass is 10.2. The van der Waals surface area contributed by atoms with E-state index in [1.165, 1.54) is 10.4 Å². The second-order valence-corrected chi connectivity index (χ2v) is 7.11. The number of aromatic nitrogens is 2. The van der Waals surface area contributed by atoms with Gasteiger partial charge >= 0.3 is 0 Å². The Labute approximate surface area is 140 Å². The number of hydrogen-bond donors (Lipinski definition) is 1. The highest BCUT2D eigenvalue weighted by Crippen LogP contribution is 2.31. The summed E-state index contributed by atoms with van der Waals surface area (Å²) in [4.78, 5) is 1.21. The van der Waals surface area contributed by atoms with Gasteiger partial charge in [0.2, 0.25) is 0 Å². The summed E-state index contributed by atoms with van der Waals surface area (Å²) >= 11 is 11.1. The van der Waals surface area contributed by atoms with E-state index in [4.69, 9.17) is 11.6 Å². The number of halogens is 2. The SMILES string of the molecule is Clc1sc(CNCc2ccccc2-n2cccn2)cc1Br. The van der Waals surface area contributed by atoms with Gasteiger partial charge in [-0.05, 0) is 39.7 Å². The molecule has 0 aliphatic rings. The fraction of sp³-hybridized carbons (Fsp3) is 0.133. The number of benzene rings is 1. The van der Waals surface area contributed by atoms with E-state index in [1.54, 1.807) is 17.5 Å². The van der Waals surface area contributed by atoms with E-state index in [0.717, 1.165) is 27.6 Å². The second kappa shape index (κ2) is 6.75. The van der Waals surface area contributed by atoms with Crippen molar-refractivity contribution >= 4 is 38.9 Å². The van der Waals surface area contributed by atoms with E-state index in [9.17, 15) is 0 Å². The molecule has 0 saturated carbocycles. The molecule has 21 heavy (non-hydrogen) atoms. The minimum absolute atomic E-state index is 0.781. The molecule has 3 aromatic rings. The molecule has 3 rings (SSSR count). The van der Waals surface area contributed by atoms with Crippen molar-refractivity contribution in [3.05, 3.63) is 68.0 Å². The zero-order chi connectivity index (χ0) is 14.7. The van der Waals surface area contributed by atoms with Gasteiger partial charge in [-0.15, -0.1) is 11.3 Å². The Morgan fingerprint density at radius 1 is 1.24 bits per heavy atom. The van der Waals surface area contributed by atoms with Crippen molar-refractivity contribution in [2.24, 2.45) is 0 Å². The second-order valence-electron chi connectivity index (χ2n) is 4.52. The molecule has 2 heterocycles. The van der Waals surface area contributed by atoms with Gasteiger partial charge < -0.3 is 5.32 Å². The van der Waals surface area contributed by atoms with E-state index in [2.05, 4.69) is 44.5 Å². The third-order valence-electron chi connectivity index (χ3n) is 3.05. The maximum absolute atomic E-state index is 6.05. The van der Waals surface area contributed by atoms with Crippen LogP contribution in [0.3, 0.4) is 0 Å². The highest BCUT2D eigenvalue weighted by Gasteiger charge is 2.06. The summed E-state index contributed by atoms with van der Waals surface area (Å²) < 4.78 is 3.64. The quantitative estimate of drug-likeness (QED) is 0.696. The Hall–Kier alpha value is -1.14. The van der Waals surface area contributed by atoms with Gasteiger partial charge in [0.15, 0.2) is 0 Å². The van der Waals surface area contributed by atoms with Crippen LogP contribution in [0.4, 0.5) is 0 Å². The molecule has 6 heteroatoms. The van der Waals surface area contributed by atoms with E-state index in [0.29, 0.717) is 0 Å². The first kappa shape index (κ1) is 14.8. The number of rotatable bonds is 5. The van der Waals surface area contributed by atoms with E-state index >= 15 is 0 Å². The maximum Gasteiger partial charge on any atom is 0.107 e. The molecule has 1 N–H and O–H groups in total. The number of nitrogens with one attached hydrogen (secondary N) is 1. The van der Waals surface area contributed by atoms with Crippen LogP contribution in [0.15, 0.2) is 53.3 Å². The van der Waals surface area contributed by atoms with Gasteiger partial charge in [-0.3, -0.25) is 0 Å². The fourth-order valence-electron chi connectivity index (χ4n) is 2.09. The molecule has 108 valence electrons. The molecule has 0 unspecified atom stereocenters. The molecule has 0 aliphatic carbocycles. The van der Waals surface area contributed by atoms with Crippen LogP contribution in [0.2, 0.25) is 4.34 Å². The Balaban J connectivity index is 1.68. The molecular weight excluding hydrogens is 370 g/mol. The van der Waals surface area contributed by atoms with Crippen LogP contribution < -0.4 is 5.32 Å². The van der Waals surface area contributed by atoms with Crippen LogP contribution in [0.25, 0.3) is 5.69 Å². The highest BCUT2D eigenvalue weighted by atomic mass is 79.9. The van der Waals surface area contributed by atoms with Gasteiger partial charge in [0.25, 0.3) is 0 Å². The summed E-state index contributed by atoms with van der Waals surface area (Å²) in [6.45, 7) is 1.58. The van der Waals surface area contributed by atoms with Crippen molar-refractivity contribution in [3.8, 4) is 5.69 Å². The summed E-state index contributed by atoms with van der Waals surface area (Å²) in [5.41, 5.74) is 2.31. The Kier molecular flexibility index (Phi) is 4.75. The zero-order valence-corrected chi connectivity index (χ0v) is 14.3. The van der Waals surface area contributed by atoms with Crippen LogP contribution in [0.5, 0.6) is 0 Å². The molecule has 3 nitrogen and oxygen atoms in total. The highest BCUT2D eigenvalue weighted by molar-refractivity contribution is 9.10. The van der Waals surface area contributed by atoms with Gasteiger partial charge in [0, 0.05) is 34.8 Å². The molecule has 0 amide bonds. The van der Waals surface area contributed by atoms with Crippen LogP contribution in [0.1, 0.15) is 10.4 Å². The largest absolute Gasteiger partial charge is 0.308 e. The molecular formula is C15H13BrClN3S. The van der Waals surface area contributed by atoms with Gasteiger partial charge in [0.1, 0.15) is 4.34 Å². The van der Waals surface area contributed by atoms with Crippen LogP contribution in [0, 0.1) is 0 Å². The monoisotopic (exact) mass is 381 g/mol. The standard InChI is InChI=1S/C15H13BrClN3S/c16-13-8-12(21-15(13)17)10-18-9-11-4-1-2-5-14(11)20-7-3-6-19-20/h1-8,18H,9-10H2. The Bertz CT molecular complexity index is 705. The number of para-hydroxylation sites is 1. The molecule has 0 aliphatic heterocycles. The van der Waals surface area contributed by atoms with Crippen LogP contribution >= 0.6 is 38.9 Å². The normalized spacial score (nSPS) is 11.0. The summed E-state index contributed by atoms with van der Waals surface area (Å²) in [5.74, 6) is 0. The van der Waals surface area contributed by atoms with E-state index in [1.807, 2.05) is 29.1 Å². The average Bonchev–Trinajstić information content (AvgIpc) is 3.11. The lowest BCUT2D eigenvalue weighted by molar-refractivity contribution is 0.693. The molecule has 0 radical (unpaired) electrons. The molecule has 2 aromatic heterocycles. The Morgan fingerprint density at radius 2 is 2.10 bits per heavy atom. The van der Waals surface area contributed by atoms with Crippen molar-refractivity contribution in [1.82, 2.24) is 15.1 Å². The molecule has 1 aromatic carbocycles. The molecule has 0 saturated heterocycles. The van der Waals surface area contributed by atoms with Crippen molar-refractivity contribution in [3.63, 3.8) is 0 Å².